The molecule has 0 fully saturated rings. The lowest BCUT2D eigenvalue weighted by Crippen LogP contribution is -2.04. The van der Waals surface area contributed by atoms with Gasteiger partial charge in [-0.3, -0.25) is 9.89 Å². The van der Waals surface area contributed by atoms with E-state index in [9.17, 15) is 18.7 Å². The van der Waals surface area contributed by atoms with Gasteiger partial charge < -0.3 is 10.4 Å². The number of fused-ring (bicyclic) bond motifs is 3. The predicted octanol–water partition coefficient (Wildman–Crippen LogP) is 3.49. The van der Waals surface area contributed by atoms with Gasteiger partial charge >= 0.3 is 0 Å². The summed E-state index contributed by atoms with van der Waals surface area (Å²) in [6, 6.07) is 0.708. The summed E-state index contributed by atoms with van der Waals surface area (Å²) < 4.78 is 29.4. The van der Waals surface area contributed by atoms with Crippen LogP contribution in [0.1, 0.15) is 12.6 Å². The van der Waals surface area contributed by atoms with E-state index in [2.05, 4.69) is 25.5 Å². The second-order valence-corrected chi connectivity index (χ2v) is 6.68. The molecule has 3 heterocycles. The van der Waals surface area contributed by atoms with Crippen molar-refractivity contribution >= 4 is 44.2 Å². The van der Waals surface area contributed by atoms with Crippen LogP contribution in [0.5, 0.6) is 5.75 Å². The molecule has 1 aromatic carbocycles. The summed E-state index contributed by atoms with van der Waals surface area (Å²) in [5.41, 5.74) is 0.821. The molecule has 0 spiro atoms. The highest BCUT2D eigenvalue weighted by atomic mass is 32.1. The molecule has 26 heavy (non-hydrogen) atoms. The van der Waals surface area contributed by atoms with Crippen molar-refractivity contribution in [2.24, 2.45) is 0 Å². The number of carbonyl (C=O) groups is 1. The van der Waals surface area contributed by atoms with Gasteiger partial charge in [0.25, 0.3) is 0 Å². The lowest BCUT2D eigenvalue weighted by molar-refractivity contribution is -0.114. The van der Waals surface area contributed by atoms with E-state index in [1.54, 1.807) is 6.92 Å². The van der Waals surface area contributed by atoms with E-state index in [0.717, 1.165) is 11.3 Å². The largest absolute Gasteiger partial charge is 0.505 e. The number of benzene rings is 1. The van der Waals surface area contributed by atoms with Crippen LogP contribution in [0.4, 0.5) is 13.9 Å². The summed E-state index contributed by atoms with van der Waals surface area (Å²) in [5, 5.41) is 19.3. The van der Waals surface area contributed by atoms with Gasteiger partial charge in [0.05, 0.1) is 21.7 Å². The number of aromatic hydroxyl groups is 1. The van der Waals surface area contributed by atoms with Gasteiger partial charge in [-0.2, -0.15) is 5.10 Å². The van der Waals surface area contributed by atoms with E-state index >= 15 is 0 Å². The molecule has 3 N–H and O–H groups in total. The first-order valence-corrected chi connectivity index (χ1v) is 8.27. The van der Waals surface area contributed by atoms with Crippen molar-refractivity contribution in [3.63, 3.8) is 0 Å². The van der Waals surface area contributed by atoms with Gasteiger partial charge in [0.2, 0.25) is 5.91 Å². The maximum absolute atomic E-state index is 14.7. The van der Waals surface area contributed by atoms with E-state index in [1.807, 2.05) is 0 Å². The van der Waals surface area contributed by atoms with Crippen LogP contribution in [-0.4, -0.2) is 31.2 Å². The average molecular weight is 375 g/mol. The van der Waals surface area contributed by atoms with E-state index < -0.39 is 17.4 Å². The van der Waals surface area contributed by atoms with Crippen LogP contribution in [0, 0.1) is 18.6 Å². The quantitative estimate of drug-likeness (QED) is 0.498. The second-order valence-electron chi connectivity index (χ2n) is 5.65. The van der Waals surface area contributed by atoms with Crippen molar-refractivity contribution in [2.75, 3.05) is 5.32 Å². The number of hydrogen-bond donors (Lipinski definition) is 3. The van der Waals surface area contributed by atoms with Crippen LogP contribution in [0.15, 0.2) is 12.3 Å². The van der Waals surface area contributed by atoms with E-state index in [4.69, 9.17) is 0 Å². The molecular formula is C16H11F2N5O2S. The Balaban J connectivity index is 2.10. The van der Waals surface area contributed by atoms with Gasteiger partial charge in [-0.25, -0.2) is 18.7 Å². The summed E-state index contributed by atoms with van der Waals surface area (Å²) in [6.07, 6.45) is 1.41. The number of H-pyrrole nitrogens is 1. The molecule has 0 saturated carbocycles. The molecule has 0 saturated heterocycles. The van der Waals surface area contributed by atoms with Crippen LogP contribution in [-0.2, 0) is 4.79 Å². The summed E-state index contributed by atoms with van der Waals surface area (Å²) in [4.78, 5) is 20.0. The lowest BCUT2D eigenvalue weighted by atomic mass is 10.0. The Hall–Kier alpha value is -3.14. The highest BCUT2D eigenvalue weighted by molar-refractivity contribution is 7.19. The first kappa shape index (κ1) is 16.3. The highest BCUT2D eigenvalue weighted by Crippen LogP contribution is 2.40. The number of aromatic amines is 1. The third-order valence-corrected chi connectivity index (χ3v) is 4.78. The molecular weight excluding hydrogens is 364 g/mol. The Morgan fingerprint density at radius 2 is 2.08 bits per heavy atom. The number of anilines is 1. The smallest absolute Gasteiger partial charge is 0.223 e. The summed E-state index contributed by atoms with van der Waals surface area (Å²) >= 11 is 1.07. The minimum absolute atomic E-state index is 0.0877. The Kier molecular flexibility index (Phi) is 3.58. The Bertz CT molecular complexity index is 1200. The maximum Gasteiger partial charge on any atom is 0.223 e. The second kappa shape index (κ2) is 5.70. The molecule has 0 aliphatic carbocycles. The molecule has 0 radical (unpaired) electrons. The summed E-state index contributed by atoms with van der Waals surface area (Å²) in [6.45, 7) is 2.97. The number of hydrogen-bond acceptors (Lipinski definition) is 6. The number of aromatic nitrogens is 4. The number of halogens is 2. The van der Waals surface area contributed by atoms with E-state index in [1.165, 1.54) is 13.1 Å². The van der Waals surface area contributed by atoms with Crippen LogP contribution in [0.2, 0.25) is 0 Å². The number of amides is 1. The Morgan fingerprint density at radius 3 is 2.81 bits per heavy atom. The molecule has 4 rings (SSSR count). The minimum Gasteiger partial charge on any atom is -0.505 e. The molecule has 132 valence electrons. The zero-order valence-electron chi connectivity index (χ0n) is 13.5. The molecule has 0 bridgehead atoms. The van der Waals surface area contributed by atoms with E-state index in [0.29, 0.717) is 27.2 Å². The predicted molar refractivity (Wildman–Crippen MR) is 93.1 cm³/mol. The van der Waals surface area contributed by atoms with Gasteiger partial charge in [0, 0.05) is 30.0 Å². The molecule has 0 aliphatic rings. The van der Waals surface area contributed by atoms with Gasteiger partial charge in [-0.15, -0.1) is 0 Å². The molecule has 1 amide bonds. The molecule has 0 atom stereocenters. The number of nitrogens with zero attached hydrogens (tertiary/aromatic N) is 3. The van der Waals surface area contributed by atoms with Gasteiger partial charge in [-0.05, 0) is 6.92 Å². The Morgan fingerprint density at radius 1 is 1.31 bits per heavy atom. The van der Waals surface area contributed by atoms with Crippen LogP contribution in [0.3, 0.4) is 0 Å². The normalized spacial score (nSPS) is 11.4. The standard InChI is InChI=1S/C16H11F2N5O2S/c1-5-10-12-11(7(17)3-8(25)13(12)18)14(21-15(10)23-22-5)9-4-19-16(26-9)20-6(2)24/h3-4,25H,1-2H3,(H,19,20,24)(H,21,22,23). The highest BCUT2D eigenvalue weighted by Gasteiger charge is 2.23. The maximum atomic E-state index is 14.7. The number of thiazole rings is 1. The van der Waals surface area contributed by atoms with Gasteiger partial charge in [-0.1, -0.05) is 11.3 Å². The van der Waals surface area contributed by atoms with Gasteiger partial charge in [0.15, 0.2) is 22.3 Å². The van der Waals surface area contributed by atoms with Crippen molar-refractivity contribution < 1.29 is 18.7 Å². The molecule has 4 aromatic rings. The third-order valence-electron chi connectivity index (χ3n) is 3.86. The van der Waals surface area contributed by atoms with Crippen LogP contribution in [0.25, 0.3) is 32.4 Å². The first-order chi connectivity index (χ1) is 12.4. The van der Waals surface area contributed by atoms with Crippen LogP contribution >= 0.6 is 11.3 Å². The van der Waals surface area contributed by atoms with E-state index in [-0.39, 0.29) is 28.0 Å². The third kappa shape index (κ3) is 2.37. The number of nitrogens with one attached hydrogen (secondary N) is 2. The van der Waals surface area contributed by atoms with Gasteiger partial charge in [0.1, 0.15) is 5.82 Å². The van der Waals surface area contributed by atoms with Crippen molar-refractivity contribution in [1.29, 1.82) is 0 Å². The molecule has 7 nitrogen and oxygen atoms in total. The SMILES string of the molecule is CC(=O)Nc1ncc(-c2nc3[nH]nc(C)c3c3c(F)c(O)cc(F)c23)s1. The van der Waals surface area contributed by atoms with Crippen molar-refractivity contribution in [3.05, 3.63) is 29.6 Å². The lowest BCUT2D eigenvalue weighted by Gasteiger charge is -2.09. The molecule has 0 unspecified atom stereocenters. The fourth-order valence-corrected chi connectivity index (χ4v) is 3.68. The zero-order valence-corrected chi connectivity index (χ0v) is 14.3. The zero-order chi connectivity index (χ0) is 18.6. The number of carbonyl (C=O) groups excluding carboxylic acids is 1. The van der Waals surface area contributed by atoms with Crippen molar-refractivity contribution in [2.45, 2.75) is 13.8 Å². The fourth-order valence-electron chi connectivity index (χ4n) is 2.82. The number of pyridine rings is 1. The monoisotopic (exact) mass is 375 g/mol. The number of aryl methyl sites for hydroxylation is 1. The average Bonchev–Trinajstić information content (AvgIpc) is 3.18. The Labute approximate surface area is 148 Å². The summed E-state index contributed by atoms with van der Waals surface area (Å²) in [5.74, 6) is -2.87. The molecule has 10 heteroatoms. The number of phenols is 1. The summed E-state index contributed by atoms with van der Waals surface area (Å²) in [7, 11) is 0. The fraction of sp³-hybridized carbons (Fsp3) is 0.125. The number of rotatable bonds is 2. The van der Waals surface area contributed by atoms with Crippen LogP contribution < -0.4 is 5.32 Å². The molecule has 3 aromatic heterocycles. The topological polar surface area (TPSA) is 104 Å². The molecule has 0 aliphatic heterocycles. The van der Waals surface area contributed by atoms with Crippen molar-refractivity contribution in [1.82, 2.24) is 20.2 Å². The van der Waals surface area contributed by atoms with Crippen molar-refractivity contribution in [3.8, 4) is 16.3 Å². The first-order valence-electron chi connectivity index (χ1n) is 7.46. The number of phenolic OH excluding ortho intramolecular Hbond substituents is 1. The minimum atomic E-state index is -0.953.